The quantitative estimate of drug-likeness (QED) is 0.507. The molecule has 0 atom stereocenters. The standard InChI is InChI=1S/C15H16N2O3/c1-19-11-5-3-10(4-6-11)13-8-7-12(20-2)9-14(13)15(18)17-16/h3-9H,16H2,1-2H3,(H,17,18). The van der Waals surface area contributed by atoms with Crippen LogP contribution in [-0.2, 0) is 0 Å². The molecule has 0 radical (unpaired) electrons. The van der Waals surface area contributed by atoms with Crippen LogP contribution in [0.5, 0.6) is 11.5 Å². The van der Waals surface area contributed by atoms with Crippen molar-refractivity contribution in [1.29, 1.82) is 0 Å². The Morgan fingerprint density at radius 2 is 1.60 bits per heavy atom. The molecular formula is C15H16N2O3. The lowest BCUT2D eigenvalue weighted by atomic mass is 9.99. The van der Waals surface area contributed by atoms with Gasteiger partial charge in [-0.1, -0.05) is 12.1 Å². The van der Waals surface area contributed by atoms with Crippen LogP contribution in [-0.4, -0.2) is 20.1 Å². The van der Waals surface area contributed by atoms with Crippen molar-refractivity contribution in [3.8, 4) is 22.6 Å². The molecule has 0 aliphatic carbocycles. The maximum Gasteiger partial charge on any atom is 0.265 e. The number of hydrogen-bond acceptors (Lipinski definition) is 4. The summed E-state index contributed by atoms with van der Waals surface area (Å²) in [6.07, 6.45) is 0. The van der Waals surface area contributed by atoms with Gasteiger partial charge in [0.2, 0.25) is 0 Å². The summed E-state index contributed by atoms with van der Waals surface area (Å²) < 4.78 is 10.3. The average Bonchev–Trinajstić information content (AvgIpc) is 2.53. The zero-order valence-electron chi connectivity index (χ0n) is 11.3. The van der Waals surface area contributed by atoms with Crippen molar-refractivity contribution in [3.63, 3.8) is 0 Å². The second-order valence-corrected chi connectivity index (χ2v) is 4.11. The van der Waals surface area contributed by atoms with Crippen molar-refractivity contribution in [2.75, 3.05) is 14.2 Å². The van der Waals surface area contributed by atoms with E-state index >= 15 is 0 Å². The molecule has 2 aromatic rings. The molecule has 0 fully saturated rings. The summed E-state index contributed by atoms with van der Waals surface area (Å²) in [5.74, 6) is 6.22. The first-order chi connectivity index (χ1) is 9.69. The third kappa shape index (κ3) is 2.73. The summed E-state index contributed by atoms with van der Waals surface area (Å²) in [5.41, 5.74) is 4.27. The van der Waals surface area contributed by atoms with Gasteiger partial charge in [0.25, 0.3) is 5.91 Å². The van der Waals surface area contributed by atoms with Crippen LogP contribution in [0.2, 0.25) is 0 Å². The minimum atomic E-state index is -0.366. The Hall–Kier alpha value is -2.53. The van der Waals surface area contributed by atoms with Crippen LogP contribution in [0.3, 0.4) is 0 Å². The van der Waals surface area contributed by atoms with E-state index in [4.69, 9.17) is 15.3 Å². The molecular weight excluding hydrogens is 256 g/mol. The van der Waals surface area contributed by atoms with Gasteiger partial charge in [-0.2, -0.15) is 0 Å². The molecule has 5 heteroatoms. The van der Waals surface area contributed by atoms with E-state index in [1.54, 1.807) is 26.4 Å². The number of nitrogen functional groups attached to an aromatic ring is 1. The number of amides is 1. The Balaban J connectivity index is 2.51. The predicted octanol–water partition coefficient (Wildman–Crippen LogP) is 1.97. The number of carbonyl (C=O) groups is 1. The average molecular weight is 272 g/mol. The number of carbonyl (C=O) groups excluding carboxylic acids is 1. The summed E-state index contributed by atoms with van der Waals surface area (Å²) in [7, 11) is 3.15. The van der Waals surface area contributed by atoms with E-state index in [0.29, 0.717) is 11.3 Å². The zero-order chi connectivity index (χ0) is 14.5. The van der Waals surface area contributed by atoms with Gasteiger partial charge in [-0.25, -0.2) is 5.84 Å². The molecule has 0 bridgehead atoms. The van der Waals surface area contributed by atoms with Gasteiger partial charge in [-0.05, 0) is 41.5 Å². The van der Waals surface area contributed by atoms with Crippen LogP contribution in [0.15, 0.2) is 42.5 Å². The van der Waals surface area contributed by atoms with Crippen LogP contribution in [0, 0.1) is 0 Å². The fourth-order valence-electron chi connectivity index (χ4n) is 1.94. The van der Waals surface area contributed by atoms with E-state index in [1.165, 1.54) is 0 Å². The Morgan fingerprint density at radius 1 is 1.00 bits per heavy atom. The highest BCUT2D eigenvalue weighted by Gasteiger charge is 2.13. The van der Waals surface area contributed by atoms with Crippen LogP contribution >= 0.6 is 0 Å². The van der Waals surface area contributed by atoms with Crippen LogP contribution in [0.25, 0.3) is 11.1 Å². The molecule has 0 aromatic heterocycles. The molecule has 0 aliphatic heterocycles. The maximum atomic E-state index is 11.9. The molecule has 0 heterocycles. The van der Waals surface area contributed by atoms with Gasteiger partial charge in [0.05, 0.1) is 19.8 Å². The highest BCUT2D eigenvalue weighted by Crippen LogP contribution is 2.28. The Labute approximate surface area is 117 Å². The van der Waals surface area contributed by atoms with Gasteiger partial charge in [0.1, 0.15) is 11.5 Å². The van der Waals surface area contributed by atoms with Crippen molar-refractivity contribution in [1.82, 2.24) is 5.43 Å². The van der Waals surface area contributed by atoms with Gasteiger partial charge >= 0.3 is 0 Å². The summed E-state index contributed by atoms with van der Waals surface area (Å²) in [5, 5.41) is 0. The first kappa shape index (κ1) is 13.9. The van der Waals surface area contributed by atoms with E-state index in [1.807, 2.05) is 30.3 Å². The normalized spacial score (nSPS) is 9.95. The number of hydrazine groups is 1. The fourth-order valence-corrected chi connectivity index (χ4v) is 1.94. The van der Waals surface area contributed by atoms with Crippen molar-refractivity contribution in [3.05, 3.63) is 48.0 Å². The smallest absolute Gasteiger partial charge is 0.265 e. The molecule has 2 rings (SSSR count). The fraction of sp³-hybridized carbons (Fsp3) is 0.133. The number of rotatable bonds is 4. The van der Waals surface area contributed by atoms with Gasteiger partial charge in [-0.15, -0.1) is 0 Å². The molecule has 0 aliphatic rings. The lowest BCUT2D eigenvalue weighted by Gasteiger charge is -2.11. The summed E-state index contributed by atoms with van der Waals surface area (Å²) in [6, 6.07) is 12.7. The van der Waals surface area contributed by atoms with Crippen molar-refractivity contribution in [2.45, 2.75) is 0 Å². The number of nitrogens with one attached hydrogen (secondary N) is 1. The highest BCUT2D eigenvalue weighted by atomic mass is 16.5. The predicted molar refractivity (Wildman–Crippen MR) is 76.6 cm³/mol. The molecule has 5 nitrogen and oxygen atoms in total. The third-order valence-electron chi connectivity index (χ3n) is 3.00. The first-order valence-electron chi connectivity index (χ1n) is 6.03. The Bertz CT molecular complexity index is 609. The summed E-state index contributed by atoms with van der Waals surface area (Å²) in [6.45, 7) is 0. The zero-order valence-corrected chi connectivity index (χ0v) is 11.3. The van der Waals surface area contributed by atoms with Crippen molar-refractivity contribution in [2.24, 2.45) is 5.84 Å². The van der Waals surface area contributed by atoms with Gasteiger partial charge < -0.3 is 9.47 Å². The second-order valence-electron chi connectivity index (χ2n) is 4.11. The maximum absolute atomic E-state index is 11.9. The van der Waals surface area contributed by atoms with E-state index < -0.39 is 0 Å². The van der Waals surface area contributed by atoms with Gasteiger partial charge in [0, 0.05) is 0 Å². The minimum absolute atomic E-state index is 0.366. The Morgan fingerprint density at radius 3 is 2.15 bits per heavy atom. The SMILES string of the molecule is COc1ccc(-c2ccc(OC)cc2C(=O)NN)cc1. The lowest BCUT2D eigenvalue weighted by Crippen LogP contribution is -2.30. The minimum Gasteiger partial charge on any atom is -0.497 e. The van der Waals surface area contributed by atoms with Crippen molar-refractivity contribution >= 4 is 5.91 Å². The molecule has 0 saturated heterocycles. The number of ether oxygens (including phenoxy) is 2. The molecule has 104 valence electrons. The van der Waals surface area contributed by atoms with E-state index in [2.05, 4.69) is 5.43 Å². The molecule has 2 aromatic carbocycles. The van der Waals surface area contributed by atoms with E-state index in [0.717, 1.165) is 16.9 Å². The second kappa shape index (κ2) is 6.08. The monoisotopic (exact) mass is 272 g/mol. The van der Waals surface area contributed by atoms with Crippen LogP contribution in [0.4, 0.5) is 0 Å². The molecule has 1 amide bonds. The number of hydrogen-bond donors (Lipinski definition) is 2. The van der Waals surface area contributed by atoms with E-state index in [-0.39, 0.29) is 5.91 Å². The summed E-state index contributed by atoms with van der Waals surface area (Å²) >= 11 is 0. The van der Waals surface area contributed by atoms with Gasteiger partial charge in [-0.3, -0.25) is 10.2 Å². The molecule has 3 N–H and O–H groups in total. The molecule has 0 saturated carbocycles. The number of benzene rings is 2. The third-order valence-corrected chi connectivity index (χ3v) is 3.00. The molecule has 0 unspecified atom stereocenters. The topological polar surface area (TPSA) is 73.6 Å². The first-order valence-corrected chi connectivity index (χ1v) is 6.03. The highest BCUT2D eigenvalue weighted by molar-refractivity contribution is 6.01. The van der Waals surface area contributed by atoms with Gasteiger partial charge in [0.15, 0.2) is 0 Å². The van der Waals surface area contributed by atoms with Crippen molar-refractivity contribution < 1.29 is 14.3 Å². The number of nitrogens with two attached hydrogens (primary N) is 1. The van der Waals surface area contributed by atoms with Crippen LogP contribution < -0.4 is 20.7 Å². The van der Waals surface area contributed by atoms with Crippen LogP contribution in [0.1, 0.15) is 10.4 Å². The number of methoxy groups -OCH3 is 2. The largest absolute Gasteiger partial charge is 0.497 e. The lowest BCUT2D eigenvalue weighted by molar-refractivity contribution is 0.0954. The summed E-state index contributed by atoms with van der Waals surface area (Å²) in [4.78, 5) is 11.9. The Kier molecular flexibility index (Phi) is 4.22. The molecule has 20 heavy (non-hydrogen) atoms. The van der Waals surface area contributed by atoms with E-state index in [9.17, 15) is 4.79 Å². The molecule has 0 spiro atoms.